The normalized spacial score (nSPS) is 23.5. The third-order valence-corrected chi connectivity index (χ3v) is 5.34. The number of nitrogens with one attached hydrogen (secondary N) is 3. The van der Waals surface area contributed by atoms with E-state index in [1.54, 1.807) is 24.4 Å². The summed E-state index contributed by atoms with van der Waals surface area (Å²) in [5, 5.41) is 22.9. The van der Waals surface area contributed by atoms with E-state index in [0.717, 1.165) is 6.21 Å². The zero-order chi connectivity index (χ0) is 22.0. The van der Waals surface area contributed by atoms with Gasteiger partial charge in [0.05, 0.1) is 30.2 Å². The van der Waals surface area contributed by atoms with Crippen molar-refractivity contribution in [1.29, 1.82) is 5.41 Å². The molecule has 31 heavy (non-hydrogen) atoms. The number of hydrogen-bond acceptors (Lipinski definition) is 8. The zero-order valence-corrected chi connectivity index (χ0v) is 17.0. The van der Waals surface area contributed by atoms with Crippen LogP contribution in [0.5, 0.6) is 5.75 Å². The lowest BCUT2D eigenvalue weighted by atomic mass is 9.98. The molecule has 10 heteroatoms. The molecule has 162 valence electrons. The van der Waals surface area contributed by atoms with Gasteiger partial charge in [-0.3, -0.25) is 4.79 Å². The van der Waals surface area contributed by atoms with Crippen LogP contribution >= 0.6 is 0 Å². The van der Waals surface area contributed by atoms with Crippen LogP contribution in [0.4, 0.5) is 11.4 Å². The number of nitrogens with zero attached hydrogens (tertiary/aromatic N) is 2. The molecule has 0 spiro atoms. The Morgan fingerprint density at radius 3 is 2.77 bits per heavy atom. The Bertz CT molecular complexity index is 1030. The highest BCUT2D eigenvalue weighted by molar-refractivity contribution is 6.18. The van der Waals surface area contributed by atoms with Crippen LogP contribution in [0.25, 0.3) is 0 Å². The number of anilines is 2. The second kappa shape index (κ2) is 8.23. The number of carboxylic acid groups (broad SMARTS) is 1. The van der Waals surface area contributed by atoms with Gasteiger partial charge in [0.1, 0.15) is 11.6 Å². The molecule has 10 nitrogen and oxygen atoms in total. The number of fused-ring (bicyclic) bond motifs is 1. The van der Waals surface area contributed by atoms with Crippen LogP contribution in [-0.2, 0) is 20.7 Å². The molecule has 1 aromatic carbocycles. The molecule has 1 aromatic rings. The molecule has 3 aliphatic heterocycles. The van der Waals surface area contributed by atoms with E-state index in [1.165, 1.54) is 13.1 Å². The van der Waals surface area contributed by atoms with Crippen molar-refractivity contribution in [2.75, 3.05) is 36.5 Å². The third kappa shape index (κ3) is 4.02. The summed E-state index contributed by atoms with van der Waals surface area (Å²) in [6, 6.07) is 3.51. The summed E-state index contributed by atoms with van der Waals surface area (Å²) < 4.78 is 11.2. The Morgan fingerprint density at radius 2 is 2.13 bits per heavy atom. The topological polar surface area (TPSA) is 136 Å². The van der Waals surface area contributed by atoms with Gasteiger partial charge in [0.15, 0.2) is 0 Å². The van der Waals surface area contributed by atoms with Gasteiger partial charge in [0.25, 0.3) is 5.91 Å². The average Bonchev–Trinajstić information content (AvgIpc) is 3.11. The first kappa shape index (κ1) is 20.6. The van der Waals surface area contributed by atoms with Crippen molar-refractivity contribution in [2.24, 2.45) is 4.99 Å². The van der Waals surface area contributed by atoms with E-state index in [4.69, 9.17) is 14.9 Å². The molecule has 1 atom stereocenters. The summed E-state index contributed by atoms with van der Waals surface area (Å²) in [5.74, 6) is -0.795. The number of benzene rings is 1. The number of carboxylic acids is 1. The fourth-order valence-corrected chi connectivity index (χ4v) is 3.68. The maximum absolute atomic E-state index is 13.0. The van der Waals surface area contributed by atoms with Crippen LogP contribution in [0.3, 0.4) is 0 Å². The summed E-state index contributed by atoms with van der Waals surface area (Å²) in [5.41, 5.74) is 0.625. The standard InChI is InChI=1S/C21H23N5O5/c1-21(20(28)29)11-13-9-15(16(10-17(13)31-21)26-5-7-30-8-6-26)25-19(27)14(12-22)18-23-3-2-4-24-18/h2-4,9-10,12,22-23H,5-8,11H2,1H3,(H,25,27)(H,28,29)/b18-14-,22-12?. The molecule has 0 bridgehead atoms. The van der Waals surface area contributed by atoms with Crippen molar-refractivity contribution < 1.29 is 24.2 Å². The quantitative estimate of drug-likeness (QED) is 0.412. The first-order valence-electron chi connectivity index (χ1n) is 9.85. The Kier molecular flexibility index (Phi) is 5.47. The Hall–Kier alpha value is -3.66. The molecule has 4 rings (SSSR count). The highest BCUT2D eigenvalue weighted by Gasteiger charge is 2.42. The SMILES string of the molecule is CC1(C(=O)O)Cc2cc(NC(=O)/C(C=N)=C3\N=CC=CN3)c(N3CCOCC3)cc2O1. The third-order valence-electron chi connectivity index (χ3n) is 5.34. The van der Waals surface area contributed by atoms with Crippen LogP contribution < -0.4 is 20.3 Å². The minimum Gasteiger partial charge on any atom is -0.478 e. The number of morpholine rings is 1. The van der Waals surface area contributed by atoms with Gasteiger partial charge in [0.2, 0.25) is 5.60 Å². The van der Waals surface area contributed by atoms with Crippen molar-refractivity contribution in [3.8, 4) is 5.75 Å². The largest absolute Gasteiger partial charge is 0.478 e. The predicted octanol–water partition coefficient (Wildman–Crippen LogP) is 1.29. The maximum atomic E-state index is 13.0. The monoisotopic (exact) mass is 425 g/mol. The van der Waals surface area contributed by atoms with Gasteiger partial charge in [-0.05, 0) is 19.1 Å². The van der Waals surface area contributed by atoms with E-state index < -0.39 is 17.5 Å². The number of aliphatic imine (C=N–C) groups is 1. The van der Waals surface area contributed by atoms with Crippen molar-refractivity contribution in [3.63, 3.8) is 0 Å². The number of hydrogen-bond donors (Lipinski definition) is 4. The lowest BCUT2D eigenvalue weighted by Crippen LogP contribution is -2.39. The number of amides is 1. The molecule has 3 heterocycles. The van der Waals surface area contributed by atoms with Gasteiger partial charge >= 0.3 is 5.97 Å². The number of carbonyl (C=O) groups is 2. The minimum absolute atomic E-state index is 0.0700. The van der Waals surface area contributed by atoms with Crippen molar-refractivity contribution >= 4 is 35.7 Å². The predicted molar refractivity (Wildman–Crippen MR) is 115 cm³/mol. The minimum atomic E-state index is -1.36. The molecule has 0 radical (unpaired) electrons. The summed E-state index contributed by atoms with van der Waals surface area (Å²) in [4.78, 5) is 30.8. The lowest BCUT2D eigenvalue weighted by Gasteiger charge is -2.31. The molecule has 1 saturated heterocycles. The average molecular weight is 425 g/mol. The molecule has 0 aliphatic carbocycles. The summed E-state index contributed by atoms with van der Waals surface area (Å²) in [6.45, 7) is 3.84. The highest BCUT2D eigenvalue weighted by Crippen LogP contribution is 2.42. The number of ether oxygens (including phenoxy) is 2. The number of allylic oxidation sites excluding steroid dienone is 1. The second-order valence-corrected chi connectivity index (χ2v) is 7.53. The second-order valence-electron chi connectivity index (χ2n) is 7.53. The van der Waals surface area contributed by atoms with Gasteiger partial charge in [-0.1, -0.05) is 0 Å². The molecule has 3 aliphatic rings. The molecular weight excluding hydrogens is 402 g/mol. The van der Waals surface area contributed by atoms with Crippen molar-refractivity contribution in [3.05, 3.63) is 41.4 Å². The molecule has 0 aromatic heterocycles. The van der Waals surface area contributed by atoms with Gasteiger partial charge in [0, 0.05) is 49.8 Å². The Balaban J connectivity index is 1.70. The van der Waals surface area contributed by atoms with E-state index >= 15 is 0 Å². The highest BCUT2D eigenvalue weighted by atomic mass is 16.5. The van der Waals surface area contributed by atoms with Crippen LogP contribution in [-0.4, -0.2) is 61.3 Å². The molecule has 0 saturated carbocycles. The first-order valence-corrected chi connectivity index (χ1v) is 9.85. The van der Waals surface area contributed by atoms with Gasteiger partial charge < -0.3 is 35.5 Å². The summed E-state index contributed by atoms with van der Waals surface area (Å²) in [7, 11) is 0. The fourth-order valence-electron chi connectivity index (χ4n) is 3.68. The van der Waals surface area contributed by atoms with Crippen molar-refractivity contribution in [1.82, 2.24) is 5.32 Å². The van der Waals surface area contributed by atoms with E-state index in [-0.39, 0.29) is 17.8 Å². The number of aliphatic carboxylic acids is 1. The Labute approximate surface area is 178 Å². The fraction of sp³-hybridized carbons (Fsp3) is 0.333. The smallest absolute Gasteiger partial charge is 0.348 e. The molecule has 4 N–H and O–H groups in total. The van der Waals surface area contributed by atoms with E-state index in [2.05, 4.69) is 20.5 Å². The molecule has 1 unspecified atom stereocenters. The molecule has 1 amide bonds. The number of carbonyl (C=O) groups excluding carboxylic acids is 1. The van der Waals surface area contributed by atoms with E-state index in [9.17, 15) is 14.7 Å². The van der Waals surface area contributed by atoms with E-state index in [0.29, 0.717) is 49.0 Å². The van der Waals surface area contributed by atoms with Crippen LogP contribution in [0.2, 0.25) is 0 Å². The van der Waals surface area contributed by atoms with Crippen molar-refractivity contribution in [2.45, 2.75) is 18.9 Å². The van der Waals surface area contributed by atoms with Gasteiger partial charge in [-0.15, -0.1) is 0 Å². The van der Waals surface area contributed by atoms with Crippen LogP contribution in [0.1, 0.15) is 12.5 Å². The van der Waals surface area contributed by atoms with E-state index in [1.807, 2.05) is 0 Å². The van der Waals surface area contributed by atoms with Crippen LogP contribution in [0.15, 0.2) is 40.8 Å². The molecule has 1 fully saturated rings. The Morgan fingerprint density at radius 1 is 1.35 bits per heavy atom. The summed E-state index contributed by atoms with van der Waals surface area (Å²) in [6.07, 6.45) is 5.96. The lowest BCUT2D eigenvalue weighted by molar-refractivity contribution is -0.152. The maximum Gasteiger partial charge on any atom is 0.348 e. The molecular formula is C21H23N5O5. The zero-order valence-electron chi connectivity index (χ0n) is 17.0. The van der Waals surface area contributed by atoms with Crippen LogP contribution in [0, 0.1) is 5.41 Å². The first-order chi connectivity index (χ1) is 14.9. The van der Waals surface area contributed by atoms with Gasteiger partial charge in [-0.2, -0.15) is 0 Å². The number of rotatable bonds is 5. The summed E-state index contributed by atoms with van der Waals surface area (Å²) >= 11 is 0. The van der Waals surface area contributed by atoms with Gasteiger partial charge in [-0.25, -0.2) is 9.79 Å².